The molecule has 162 valence electrons. The van der Waals surface area contributed by atoms with Gasteiger partial charge in [-0.3, -0.25) is 9.59 Å². The smallest absolute Gasteiger partial charge is 0.272 e. The molecule has 1 unspecified atom stereocenters. The van der Waals surface area contributed by atoms with Gasteiger partial charge in [-0.05, 0) is 57.8 Å². The van der Waals surface area contributed by atoms with Crippen molar-refractivity contribution in [3.8, 4) is 0 Å². The first kappa shape index (κ1) is 22.3. The molecule has 0 saturated carbocycles. The lowest BCUT2D eigenvalue weighted by molar-refractivity contribution is 0.102. The Morgan fingerprint density at radius 1 is 1.13 bits per heavy atom. The van der Waals surface area contributed by atoms with Crippen LogP contribution in [0.1, 0.15) is 32.8 Å². The van der Waals surface area contributed by atoms with Crippen LogP contribution >= 0.6 is 0 Å². The minimum absolute atomic E-state index is 0.260. The lowest BCUT2D eigenvalue weighted by Gasteiger charge is -2.22. The Bertz CT molecular complexity index is 980. The number of carbonyl (C=O) groups excluding carboxylic acids is 2. The maximum atomic E-state index is 12.1. The Kier molecular flexibility index (Phi) is 7.62. The SMILES string of the molecule is CN(C)C1CCN(c2ccc(NC(=O)c3cc(C=O)c[nH]3)cc2)C1.Cc1ccccc1. The highest BCUT2D eigenvalue weighted by Gasteiger charge is 2.23. The molecule has 1 saturated heterocycles. The van der Waals surface area contributed by atoms with Gasteiger partial charge in [-0.25, -0.2) is 0 Å². The average molecular weight is 419 g/mol. The van der Waals surface area contributed by atoms with E-state index in [9.17, 15) is 9.59 Å². The van der Waals surface area contributed by atoms with E-state index in [1.54, 1.807) is 0 Å². The summed E-state index contributed by atoms with van der Waals surface area (Å²) >= 11 is 0. The van der Waals surface area contributed by atoms with Crippen LogP contribution in [0, 0.1) is 6.92 Å². The fraction of sp³-hybridized carbons (Fsp3) is 0.280. The number of aryl methyl sites for hydroxylation is 1. The molecule has 0 radical (unpaired) electrons. The predicted molar refractivity (Wildman–Crippen MR) is 126 cm³/mol. The van der Waals surface area contributed by atoms with Gasteiger partial charge in [0.1, 0.15) is 5.69 Å². The van der Waals surface area contributed by atoms with Crippen molar-refractivity contribution < 1.29 is 9.59 Å². The fourth-order valence-corrected chi connectivity index (χ4v) is 3.50. The number of amides is 1. The van der Waals surface area contributed by atoms with Gasteiger partial charge in [-0.15, -0.1) is 0 Å². The quantitative estimate of drug-likeness (QED) is 0.609. The third kappa shape index (κ3) is 6.30. The fourth-order valence-electron chi connectivity index (χ4n) is 3.50. The third-order valence-corrected chi connectivity index (χ3v) is 5.41. The van der Waals surface area contributed by atoms with Crippen LogP contribution in [0.2, 0.25) is 0 Å². The van der Waals surface area contributed by atoms with Crippen LogP contribution in [0.5, 0.6) is 0 Å². The number of hydrogen-bond acceptors (Lipinski definition) is 4. The summed E-state index contributed by atoms with van der Waals surface area (Å²) in [5.74, 6) is -0.260. The highest BCUT2D eigenvalue weighted by atomic mass is 16.2. The van der Waals surface area contributed by atoms with Crippen LogP contribution in [0.15, 0.2) is 66.9 Å². The molecule has 4 rings (SSSR count). The molecule has 0 aliphatic carbocycles. The van der Waals surface area contributed by atoms with E-state index in [-0.39, 0.29) is 5.91 Å². The van der Waals surface area contributed by atoms with Crippen LogP contribution in [0.3, 0.4) is 0 Å². The summed E-state index contributed by atoms with van der Waals surface area (Å²) in [7, 11) is 4.23. The van der Waals surface area contributed by atoms with Crippen molar-refractivity contribution >= 4 is 23.6 Å². The molecule has 1 atom stereocenters. The number of benzene rings is 2. The molecule has 1 aliphatic rings. The van der Waals surface area contributed by atoms with E-state index >= 15 is 0 Å². The first-order valence-electron chi connectivity index (χ1n) is 10.4. The lowest BCUT2D eigenvalue weighted by atomic mass is 10.2. The zero-order valence-corrected chi connectivity index (χ0v) is 18.3. The Morgan fingerprint density at radius 2 is 1.84 bits per heavy atom. The van der Waals surface area contributed by atoms with Crippen molar-refractivity contribution in [1.82, 2.24) is 9.88 Å². The molecular weight excluding hydrogens is 388 g/mol. The first-order chi connectivity index (χ1) is 15.0. The number of rotatable bonds is 5. The molecule has 2 aromatic carbocycles. The number of anilines is 2. The number of aromatic nitrogens is 1. The van der Waals surface area contributed by atoms with Gasteiger partial charge in [0.05, 0.1) is 0 Å². The largest absolute Gasteiger partial charge is 0.370 e. The summed E-state index contributed by atoms with van der Waals surface area (Å²) in [6, 6.07) is 20.2. The average Bonchev–Trinajstić information content (AvgIpc) is 3.45. The van der Waals surface area contributed by atoms with Crippen LogP contribution in [-0.2, 0) is 0 Å². The first-order valence-corrected chi connectivity index (χ1v) is 10.4. The summed E-state index contributed by atoms with van der Waals surface area (Å²) in [4.78, 5) is 30.2. The Morgan fingerprint density at radius 3 is 2.35 bits per heavy atom. The van der Waals surface area contributed by atoms with E-state index in [0.29, 0.717) is 23.6 Å². The van der Waals surface area contributed by atoms with Crippen LogP contribution in [0.4, 0.5) is 11.4 Å². The molecular formula is C25H30N4O2. The van der Waals surface area contributed by atoms with Crippen molar-refractivity contribution in [3.05, 3.63) is 83.7 Å². The number of nitrogens with zero attached hydrogens (tertiary/aromatic N) is 2. The number of aromatic amines is 1. The molecule has 1 amide bonds. The maximum absolute atomic E-state index is 12.1. The number of nitrogens with one attached hydrogen (secondary N) is 2. The van der Waals surface area contributed by atoms with E-state index in [2.05, 4.69) is 53.3 Å². The van der Waals surface area contributed by atoms with E-state index < -0.39 is 0 Å². The van der Waals surface area contributed by atoms with Gasteiger partial charge in [0.15, 0.2) is 6.29 Å². The standard InChI is InChI=1S/C18H22N4O2.C7H8/c1-21(2)16-7-8-22(11-16)15-5-3-14(4-6-15)20-18(24)17-9-13(12-23)10-19-17;1-7-5-3-2-4-6-7/h3-6,9-10,12,16,19H,7-8,11H2,1-2H3,(H,20,24);2-6H,1H3. The highest BCUT2D eigenvalue weighted by molar-refractivity contribution is 6.03. The van der Waals surface area contributed by atoms with Gasteiger partial charge in [-0.2, -0.15) is 0 Å². The van der Waals surface area contributed by atoms with Crippen LogP contribution in [0.25, 0.3) is 0 Å². The van der Waals surface area contributed by atoms with E-state index in [0.717, 1.165) is 25.2 Å². The molecule has 1 aromatic heterocycles. The number of aldehydes is 1. The second kappa shape index (κ2) is 10.6. The van der Waals surface area contributed by atoms with Gasteiger partial charge in [0, 0.05) is 42.3 Å². The number of likely N-dealkylation sites (N-methyl/N-ethyl adjacent to an activating group) is 1. The molecule has 1 aliphatic heterocycles. The molecule has 3 aromatic rings. The van der Waals surface area contributed by atoms with Gasteiger partial charge < -0.3 is 20.1 Å². The third-order valence-electron chi connectivity index (χ3n) is 5.41. The van der Waals surface area contributed by atoms with Gasteiger partial charge in [0.25, 0.3) is 5.91 Å². The zero-order valence-electron chi connectivity index (χ0n) is 18.3. The molecule has 31 heavy (non-hydrogen) atoms. The summed E-state index contributed by atoms with van der Waals surface area (Å²) in [6.07, 6.45) is 3.38. The van der Waals surface area contributed by atoms with Crippen LogP contribution in [-0.4, -0.2) is 55.3 Å². The molecule has 0 bridgehead atoms. The molecule has 2 heterocycles. The summed E-state index contributed by atoms with van der Waals surface area (Å²) in [6.45, 7) is 4.15. The Labute approximate surface area is 183 Å². The van der Waals surface area contributed by atoms with Crippen LogP contribution < -0.4 is 10.2 Å². The summed E-state index contributed by atoms with van der Waals surface area (Å²) in [5, 5.41) is 2.83. The van der Waals surface area contributed by atoms with Gasteiger partial charge in [0.2, 0.25) is 0 Å². The monoisotopic (exact) mass is 418 g/mol. The van der Waals surface area contributed by atoms with E-state index in [1.165, 1.54) is 23.5 Å². The van der Waals surface area contributed by atoms with E-state index in [4.69, 9.17) is 0 Å². The second-order valence-corrected chi connectivity index (χ2v) is 7.97. The molecule has 6 heteroatoms. The number of hydrogen-bond donors (Lipinski definition) is 2. The normalized spacial score (nSPS) is 15.4. The molecule has 6 nitrogen and oxygen atoms in total. The number of carbonyl (C=O) groups is 2. The molecule has 2 N–H and O–H groups in total. The Hall–Kier alpha value is -3.38. The lowest BCUT2D eigenvalue weighted by Crippen LogP contribution is -2.31. The number of H-pyrrole nitrogens is 1. The summed E-state index contributed by atoms with van der Waals surface area (Å²) < 4.78 is 0. The molecule has 0 spiro atoms. The topological polar surface area (TPSA) is 68.4 Å². The maximum Gasteiger partial charge on any atom is 0.272 e. The zero-order chi connectivity index (χ0) is 22.2. The van der Waals surface area contributed by atoms with Crippen molar-refractivity contribution in [1.29, 1.82) is 0 Å². The van der Waals surface area contributed by atoms with Crippen molar-refractivity contribution in [2.24, 2.45) is 0 Å². The second-order valence-electron chi connectivity index (χ2n) is 7.97. The highest BCUT2D eigenvalue weighted by Crippen LogP contribution is 2.24. The van der Waals surface area contributed by atoms with Crippen molar-refractivity contribution in [2.75, 3.05) is 37.4 Å². The van der Waals surface area contributed by atoms with Crippen molar-refractivity contribution in [2.45, 2.75) is 19.4 Å². The minimum atomic E-state index is -0.260. The van der Waals surface area contributed by atoms with Gasteiger partial charge >= 0.3 is 0 Å². The van der Waals surface area contributed by atoms with Crippen molar-refractivity contribution in [3.63, 3.8) is 0 Å². The molecule has 1 fully saturated rings. The van der Waals surface area contributed by atoms with E-state index in [1.807, 2.05) is 42.5 Å². The minimum Gasteiger partial charge on any atom is -0.370 e. The predicted octanol–water partition coefficient (Wildman–Crippen LogP) is 4.21. The Balaban J connectivity index is 0.000000330. The van der Waals surface area contributed by atoms with Gasteiger partial charge in [-0.1, -0.05) is 35.9 Å². The summed E-state index contributed by atoms with van der Waals surface area (Å²) in [5.41, 5.74) is 4.05.